The Kier molecular flexibility index (Phi) is 6.95. The summed E-state index contributed by atoms with van der Waals surface area (Å²) in [6.07, 6.45) is 1.63. The molecular formula is C29H29FN4O3S. The molecular weight excluding hydrogens is 503 g/mol. The van der Waals surface area contributed by atoms with Crippen molar-refractivity contribution in [1.82, 2.24) is 19.7 Å². The van der Waals surface area contributed by atoms with Crippen molar-refractivity contribution >= 4 is 34.1 Å². The van der Waals surface area contributed by atoms with E-state index in [0.29, 0.717) is 37.6 Å². The quantitative estimate of drug-likeness (QED) is 0.362. The fourth-order valence-electron chi connectivity index (χ4n) is 5.27. The standard InChI is InChI=1S/C29H29FN4O3S/c30-23-7-5-20(6-8-23)18-32-13-15-34(16-14-32)28(35)24-19-38-27(31-24)21-9-11-33(12-10-21)29(36)26-17-22-3-1-2-4-25(22)37-26/h1-8,17,19,21H,9-16,18H2. The predicted molar refractivity (Wildman–Crippen MR) is 144 cm³/mol. The van der Waals surface area contributed by atoms with Gasteiger partial charge in [-0.05, 0) is 42.7 Å². The van der Waals surface area contributed by atoms with Crippen LogP contribution in [0.4, 0.5) is 4.39 Å². The van der Waals surface area contributed by atoms with E-state index < -0.39 is 0 Å². The molecule has 2 fully saturated rings. The van der Waals surface area contributed by atoms with Crippen LogP contribution < -0.4 is 0 Å². The number of fused-ring (bicyclic) bond motifs is 1. The van der Waals surface area contributed by atoms with Crippen LogP contribution in [-0.2, 0) is 6.54 Å². The van der Waals surface area contributed by atoms with Crippen LogP contribution in [0.2, 0.25) is 0 Å². The Hall–Kier alpha value is -3.56. The lowest BCUT2D eigenvalue weighted by Gasteiger charge is -2.34. The summed E-state index contributed by atoms with van der Waals surface area (Å²) in [7, 11) is 0. The van der Waals surface area contributed by atoms with Crippen molar-refractivity contribution in [3.8, 4) is 0 Å². The molecule has 0 spiro atoms. The van der Waals surface area contributed by atoms with E-state index in [1.807, 2.05) is 57.6 Å². The number of piperidine rings is 1. The first-order chi connectivity index (χ1) is 18.5. The topological polar surface area (TPSA) is 69.9 Å². The van der Waals surface area contributed by atoms with E-state index in [9.17, 15) is 14.0 Å². The second kappa shape index (κ2) is 10.7. The Bertz CT molecular complexity index is 1400. The highest BCUT2D eigenvalue weighted by Crippen LogP contribution is 2.32. The average molecular weight is 533 g/mol. The molecule has 0 atom stereocenters. The van der Waals surface area contributed by atoms with Crippen molar-refractivity contribution in [3.63, 3.8) is 0 Å². The number of benzene rings is 2. The van der Waals surface area contributed by atoms with Crippen molar-refractivity contribution in [1.29, 1.82) is 0 Å². The van der Waals surface area contributed by atoms with Gasteiger partial charge in [-0.15, -0.1) is 11.3 Å². The average Bonchev–Trinajstić information content (AvgIpc) is 3.62. The fourth-order valence-corrected chi connectivity index (χ4v) is 6.23. The van der Waals surface area contributed by atoms with E-state index in [2.05, 4.69) is 4.90 Å². The van der Waals surface area contributed by atoms with E-state index in [4.69, 9.17) is 9.40 Å². The maximum absolute atomic E-state index is 13.2. The van der Waals surface area contributed by atoms with Gasteiger partial charge in [0.2, 0.25) is 0 Å². The van der Waals surface area contributed by atoms with Crippen LogP contribution in [0.15, 0.2) is 64.4 Å². The van der Waals surface area contributed by atoms with Crippen molar-refractivity contribution < 1.29 is 18.4 Å². The van der Waals surface area contributed by atoms with Gasteiger partial charge in [-0.2, -0.15) is 0 Å². The van der Waals surface area contributed by atoms with Crippen molar-refractivity contribution in [2.75, 3.05) is 39.3 Å². The number of thiazole rings is 1. The van der Waals surface area contributed by atoms with Gasteiger partial charge < -0.3 is 14.2 Å². The number of nitrogens with zero attached hydrogens (tertiary/aromatic N) is 4. The summed E-state index contributed by atoms with van der Waals surface area (Å²) in [6, 6.07) is 16.0. The van der Waals surface area contributed by atoms with Gasteiger partial charge >= 0.3 is 0 Å². The first-order valence-corrected chi connectivity index (χ1v) is 13.9. The number of carbonyl (C=O) groups excluding carboxylic acids is 2. The minimum atomic E-state index is -0.228. The fraction of sp³-hybridized carbons (Fsp3) is 0.345. The van der Waals surface area contributed by atoms with Gasteiger partial charge in [-0.3, -0.25) is 14.5 Å². The molecule has 0 N–H and O–H groups in total. The predicted octanol–water partition coefficient (Wildman–Crippen LogP) is 5.01. The number of hydrogen-bond acceptors (Lipinski definition) is 6. The van der Waals surface area contributed by atoms with E-state index in [-0.39, 0.29) is 23.5 Å². The number of halogens is 1. The lowest BCUT2D eigenvalue weighted by Crippen LogP contribution is -2.48. The normalized spacial score (nSPS) is 17.3. The largest absolute Gasteiger partial charge is 0.451 e. The van der Waals surface area contributed by atoms with Crippen molar-refractivity contribution in [2.24, 2.45) is 0 Å². The SMILES string of the molecule is O=C(c1csc(C2CCN(C(=O)c3cc4ccccc4o3)CC2)n1)N1CCN(Cc2ccc(F)cc2)CC1. The van der Waals surface area contributed by atoms with Gasteiger partial charge in [0.05, 0.1) is 5.01 Å². The Morgan fingerprint density at radius 3 is 2.37 bits per heavy atom. The second-order valence-electron chi connectivity index (χ2n) is 9.98. The van der Waals surface area contributed by atoms with E-state index in [1.165, 1.54) is 23.5 Å². The lowest BCUT2D eigenvalue weighted by molar-refractivity contribution is 0.0623. The Balaban J connectivity index is 1.01. The Morgan fingerprint density at radius 1 is 0.921 bits per heavy atom. The molecule has 0 bridgehead atoms. The Morgan fingerprint density at radius 2 is 1.63 bits per heavy atom. The van der Waals surface area contributed by atoms with Gasteiger partial charge in [-0.1, -0.05) is 30.3 Å². The van der Waals surface area contributed by atoms with Crippen LogP contribution in [0.5, 0.6) is 0 Å². The van der Waals surface area contributed by atoms with E-state index in [1.54, 1.807) is 0 Å². The number of furan rings is 1. The molecule has 0 unspecified atom stereocenters. The highest BCUT2D eigenvalue weighted by Gasteiger charge is 2.29. The lowest BCUT2D eigenvalue weighted by atomic mass is 9.97. The second-order valence-corrected chi connectivity index (χ2v) is 10.9. The third-order valence-corrected chi connectivity index (χ3v) is 8.49. The first-order valence-electron chi connectivity index (χ1n) is 13.0. The van der Waals surface area contributed by atoms with Crippen LogP contribution in [0.3, 0.4) is 0 Å². The highest BCUT2D eigenvalue weighted by atomic mass is 32.1. The highest BCUT2D eigenvalue weighted by molar-refractivity contribution is 7.09. The molecule has 7 nitrogen and oxygen atoms in total. The zero-order valence-electron chi connectivity index (χ0n) is 21.0. The molecule has 2 saturated heterocycles. The molecule has 2 aromatic carbocycles. The van der Waals surface area contributed by atoms with Crippen LogP contribution in [0, 0.1) is 5.82 Å². The van der Waals surface area contributed by atoms with Crippen LogP contribution in [-0.4, -0.2) is 70.8 Å². The number of amides is 2. The molecule has 0 radical (unpaired) electrons. The van der Waals surface area contributed by atoms with Crippen LogP contribution >= 0.6 is 11.3 Å². The molecule has 4 aromatic rings. The number of hydrogen-bond donors (Lipinski definition) is 0. The van der Waals surface area contributed by atoms with Gasteiger partial charge in [-0.25, -0.2) is 9.37 Å². The summed E-state index contributed by atoms with van der Waals surface area (Å²) < 4.78 is 18.9. The third kappa shape index (κ3) is 5.21. The molecule has 2 aromatic heterocycles. The third-order valence-electron chi connectivity index (χ3n) is 7.49. The molecule has 4 heterocycles. The summed E-state index contributed by atoms with van der Waals surface area (Å²) in [5.74, 6) is 0.298. The monoisotopic (exact) mass is 532 g/mol. The molecule has 0 aliphatic carbocycles. The van der Waals surface area contributed by atoms with Gasteiger partial charge in [0, 0.05) is 62.5 Å². The Labute approximate surface area is 224 Å². The van der Waals surface area contributed by atoms with Gasteiger partial charge in [0.1, 0.15) is 17.1 Å². The van der Waals surface area contributed by atoms with E-state index >= 15 is 0 Å². The molecule has 6 rings (SSSR count). The minimum absolute atomic E-state index is 0.0218. The summed E-state index contributed by atoms with van der Waals surface area (Å²) in [5, 5.41) is 3.77. The summed E-state index contributed by atoms with van der Waals surface area (Å²) >= 11 is 1.54. The summed E-state index contributed by atoms with van der Waals surface area (Å²) in [6.45, 7) is 4.87. The van der Waals surface area contributed by atoms with Gasteiger partial charge in [0.25, 0.3) is 11.8 Å². The van der Waals surface area contributed by atoms with Gasteiger partial charge in [0.15, 0.2) is 5.76 Å². The van der Waals surface area contributed by atoms with Crippen LogP contribution in [0.1, 0.15) is 50.4 Å². The van der Waals surface area contributed by atoms with Crippen molar-refractivity contribution in [3.05, 3.63) is 87.8 Å². The summed E-state index contributed by atoms with van der Waals surface area (Å²) in [4.78, 5) is 36.8. The number of carbonyl (C=O) groups is 2. The molecule has 196 valence electrons. The zero-order chi connectivity index (χ0) is 26.1. The molecule has 9 heteroatoms. The van der Waals surface area contributed by atoms with E-state index in [0.717, 1.165) is 54.0 Å². The maximum atomic E-state index is 13.2. The smallest absolute Gasteiger partial charge is 0.289 e. The number of likely N-dealkylation sites (tertiary alicyclic amines) is 1. The first kappa shape index (κ1) is 24.8. The number of rotatable bonds is 5. The van der Waals surface area contributed by atoms with Crippen molar-refractivity contribution in [2.45, 2.75) is 25.3 Å². The summed E-state index contributed by atoms with van der Waals surface area (Å²) in [5.41, 5.74) is 2.30. The molecule has 2 amide bonds. The van der Waals surface area contributed by atoms with Crippen LogP contribution in [0.25, 0.3) is 11.0 Å². The molecule has 2 aliphatic rings. The number of para-hydroxylation sites is 1. The molecule has 0 saturated carbocycles. The molecule has 2 aliphatic heterocycles. The maximum Gasteiger partial charge on any atom is 0.289 e. The zero-order valence-corrected chi connectivity index (χ0v) is 21.8. The number of aromatic nitrogens is 1. The minimum Gasteiger partial charge on any atom is -0.451 e. The number of piperazine rings is 1. The molecule has 38 heavy (non-hydrogen) atoms.